The van der Waals surface area contributed by atoms with Crippen LogP contribution in [-0.2, 0) is 9.53 Å². The van der Waals surface area contributed by atoms with Crippen molar-refractivity contribution in [3.63, 3.8) is 0 Å². The third kappa shape index (κ3) is 6.15. The maximum atomic E-state index is 12.0. The van der Waals surface area contributed by atoms with Crippen LogP contribution in [0.5, 0.6) is 5.75 Å². The Kier molecular flexibility index (Phi) is 7.35. The minimum atomic E-state index is -0.504. The molecule has 132 valence electrons. The second kappa shape index (κ2) is 9.74. The van der Waals surface area contributed by atoms with Crippen LogP contribution in [0.2, 0.25) is 0 Å². The molecule has 2 aromatic rings. The molecule has 0 fully saturated rings. The van der Waals surface area contributed by atoms with Crippen molar-refractivity contribution in [2.24, 2.45) is 0 Å². The van der Waals surface area contributed by atoms with Crippen molar-refractivity contribution in [3.05, 3.63) is 59.7 Å². The standard InChI is InChI=1S/C19H21NO4S/c1-14-6-5-7-15(12-14)23-11-10-20-18(21)13-24-19(22)16-8-3-4-9-17(16)25-2/h3-9,12H,10-11,13H2,1-2H3,(H,20,21). The van der Waals surface area contributed by atoms with E-state index in [2.05, 4.69) is 5.32 Å². The minimum Gasteiger partial charge on any atom is -0.492 e. The normalized spacial score (nSPS) is 10.2. The van der Waals surface area contributed by atoms with Crippen LogP contribution in [-0.4, -0.2) is 37.9 Å². The smallest absolute Gasteiger partial charge is 0.339 e. The van der Waals surface area contributed by atoms with Gasteiger partial charge in [0.05, 0.1) is 12.1 Å². The molecule has 0 heterocycles. The Labute approximate surface area is 151 Å². The number of esters is 1. The van der Waals surface area contributed by atoms with E-state index in [9.17, 15) is 9.59 Å². The zero-order chi connectivity index (χ0) is 18.1. The first kappa shape index (κ1) is 18.9. The van der Waals surface area contributed by atoms with Crippen molar-refractivity contribution in [2.45, 2.75) is 11.8 Å². The zero-order valence-corrected chi connectivity index (χ0v) is 15.1. The van der Waals surface area contributed by atoms with Crippen LogP contribution in [0.1, 0.15) is 15.9 Å². The summed E-state index contributed by atoms with van der Waals surface area (Å²) in [6, 6.07) is 14.8. The number of ether oxygens (including phenoxy) is 2. The summed E-state index contributed by atoms with van der Waals surface area (Å²) < 4.78 is 10.6. The Morgan fingerprint density at radius 3 is 2.68 bits per heavy atom. The average Bonchev–Trinajstić information content (AvgIpc) is 2.63. The molecule has 6 heteroatoms. The molecule has 0 radical (unpaired) electrons. The summed E-state index contributed by atoms with van der Waals surface area (Å²) in [4.78, 5) is 24.6. The molecule has 0 spiro atoms. The molecule has 0 atom stereocenters. The van der Waals surface area contributed by atoms with E-state index in [1.807, 2.05) is 49.6 Å². The first-order valence-corrected chi connectivity index (χ1v) is 9.09. The molecule has 0 unspecified atom stereocenters. The van der Waals surface area contributed by atoms with Gasteiger partial charge in [-0.15, -0.1) is 11.8 Å². The van der Waals surface area contributed by atoms with Gasteiger partial charge < -0.3 is 14.8 Å². The zero-order valence-electron chi connectivity index (χ0n) is 14.3. The molecule has 5 nitrogen and oxygen atoms in total. The molecule has 0 bridgehead atoms. The van der Waals surface area contributed by atoms with Gasteiger partial charge in [-0.2, -0.15) is 0 Å². The summed E-state index contributed by atoms with van der Waals surface area (Å²) in [6.07, 6.45) is 1.88. The van der Waals surface area contributed by atoms with Gasteiger partial charge in [0.1, 0.15) is 12.4 Å². The van der Waals surface area contributed by atoms with Gasteiger partial charge in [0.2, 0.25) is 0 Å². The molecule has 0 aliphatic heterocycles. The number of hydrogen-bond donors (Lipinski definition) is 1. The van der Waals surface area contributed by atoms with Crippen LogP contribution >= 0.6 is 11.8 Å². The molecular formula is C19H21NO4S. The largest absolute Gasteiger partial charge is 0.492 e. The van der Waals surface area contributed by atoms with Gasteiger partial charge in [-0.3, -0.25) is 4.79 Å². The quantitative estimate of drug-likeness (QED) is 0.446. The van der Waals surface area contributed by atoms with E-state index >= 15 is 0 Å². The summed E-state index contributed by atoms with van der Waals surface area (Å²) >= 11 is 1.46. The Morgan fingerprint density at radius 2 is 1.92 bits per heavy atom. The predicted molar refractivity (Wildman–Crippen MR) is 98.2 cm³/mol. The van der Waals surface area contributed by atoms with Crippen LogP contribution < -0.4 is 10.1 Å². The fraction of sp³-hybridized carbons (Fsp3) is 0.263. The van der Waals surface area contributed by atoms with Crippen molar-refractivity contribution in [1.82, 2.24) is 5.32 Å². The number of thioether (sulfide) groups is 1. The highest BCUT2D eigenvalue weighted by Crippen LogP contribution is 2.20. The van der Waals surface area contributed by atoms with Gasteiger partial charge in [-0.25, -0.2) is 4.79 Å². The first-order valence-electron chi connectivity index (χ1n) is 7.86. The van der Waals surface area contributed by atoms with E-state index < -0.39 is 5.97 Å². The highest BCUT2D eigenvalue weighted by molar-refractivity contribution is 7.98. The lowest BCUT2D eigenvalue weighted by Crippen LogP contribution is -2.32. The molecule has 0 aliphatic rings. The van der Waals surface area contributed by atoms with Gasteiger partial charge in [-0.05, 0) is 43.0 Å². The molecule has 2 aromatic carbocycles. The van der Waals surface area contributed by atoms with Crippen LogP contribution in [0.3, 0.4) is 0 Å². The maximum absolute atomic E-state index is 12.0. The number of carbonyl (C=O) groups excluding carboxylic acids is 2. The van der Waals surface area contributed by atoms with E-state index in [-0.39, 0.29) is 12.5 Å². The summed E-state index contributed by atoms with van der Waals surface area (Å²) in [5.74, 6) is -0.103. The summed E-state index contributed by atoms with van der Waals surface area (Å²) in [6.45, 7) is 2.36. The van der Waals surface area contributed by atoms with Gasteiger partial charge >= 0.3 is 5.97 Å². The first-order chi connectivity index (χ1) is 12.1. The van der Waals surface area contributed by atoms with Crippen molar-refractivity contribution in [1.29, 1.82) is 0 Å². The highest BCUT2D eigenvalue weighted by Gasteiger charge is 2.13. The van der Waals surface area contributed by atoms with Crippen LogP contribution in [0, 0.1) is 6.92 Å². The number of amides is 1. The lowest BCUT2D eigenvalue weighted by atomic mass is 10.2. The predicted octanol–water partition coefficient (Wildman–Crippen LogP) is 3.07. The third-order valence-electron chi connectivity index (χ3n) is 3.34. The molecule has 25 heavy (non-hydrogen) atoms. The Hall–Kier alpha value is -2.47. The van der Waals surface area contributed by atoms with Crippen molar-refractivity contribution in [3.8, 4) is 5.75 Å². The molecule has 2 rings (SSSR count). The second-order valence-corrected chi connectivity index (χ2v) is 6.14. The van der Waals surface area contributed by atoms with E-state index in [1.54, 1.807) is 12.1 Å². The van der Waals surface area contributed by atoms with E-state index in [1.165, 1.54) is 11.8 Å². The van der Waals surface area contributed by atoms with Gasteiger partial charge in [-0.1, -0.05) is 24.3 Å². The number of aryl methyl sites for hydroxylation is 1. The number of hydrogen-bond acceptors (Lipinski definition) is 5. The third-order valence-corrected chi connectivity index (χ3v) is 4.14. The molecule has 1 amide bonds. The molecule has 0 saturated carbocycles. The number of benzene rings is 2. The van der Waals surface area contributed by atoms with Crippen molar-refractivity contribution >= 4 is 23.6 Å². The molecule has 0 saturated heterocycles. The summed E-state index contributed by atoms with van der Waals surface area (Å²) in [5.41, 5.74) is 1.57. The molecule has 0 aliphatic carbocycles. The number of rotatable bonds is 8. The van der Waals surface area contributed by atoms with Gasteiger partial charge in [0.15, 0.2) is 6.61 Å². The molecule has 1 N–H and O–H groups in total. The van der Waals surface area contributed by atoms with Gasteiger partial charge in [0, 0.05) is 4.90 Å². The van der Waals surface area contributed by atoms with Crippen molar-refractivity contribution in [2.75, 3.05) is 26.0 Å². The lowest BCUT2D eigenvalue weighted by Gasteiger charge is -2.09. The minimum absolute atomic E-state index is 0.313. The number of carbonyl (C=O) groups is 2. The average molecular weight is 359 g/mol. The summed E-state index contributed by atoms with van der Waals surface area (Å²) in [7, 11) is 0. The Bertz CT molecular complexity index is 733. The molecule has 0 aromatic heterocycles. The maximum Gasteiger partial charge on any atom is 0.339 e. The number of nitrogens with one attached hydrogen (secondary N) is 1. The van der Waals surface area contributed by atoms with Crippen LogP contribution in [0.15, 0.2) is 53.4 Å². The fourth-order valence-electron chi connectivity index (χ4n) is 2.14. The van der Waals surface area contributed by atoms with E-state index in [0.29, 0.717) is 18.7 Å². The van der Waals surface area contributed by atoms with Crippen LogP contribution in [0.4, 0.5) is 0 Å². The second-order valence-electron chi connectivity index (χ2n) is 5.29. The monoisotopic (exact) mass is 359 g/mol. The topological polar surface area (TPSA) is 64.6 Å². The highest BCUT2D eigenvalue weighted by atomic mass is 32.2. The van der Waals surface area contributed by atoms with Gasteiger partial charge in [0.25, 0.3) is 5.91 Å². The SMILES string of the molecule is CSc1ccccc1C(=O)OCC(=O)NCCOc1cccc(C)c1. The van der Waals surface area contributed by atoms with Crippen LogP contribution in [0.25, 0.3) is 0 Å². The molecular weight excluding hydrogens is 338 g/mol. The Morgan fingerprint density at radius 1 is 1.12 bits per heavy atom. The fourth-order valence-corrected chi connectivity index (χ4v) is 2.72. The lowest BCUT2D eigenvalue weighted by molar-refractivity contribution is -0.124. The van der Waals surface area contributed by atoms with E-state index in [4.69, 9.17) is 9.47 Å². The summed E-state index contributed by atoms with van der Waals surface area (Å²) in [5, 5.41) is 2.66. The van der Waals surface area contributed by atoms with E-state index in [0.717, 1.165) is 16.2 Å². The Balaban J connectivity index is 1.69. The van der Waals surface area contributed by atoms with Crippen molar-refractivity contribution < 1.29 is 19.1 Å².